The van der Waals surface area contributed by atoms with Gasteiger partial charge in [-0.3, -0.25) is 0 Å². The molecule has 0 spiro atoms. The molecule has 0 atom stereocenters. The zero-order valence-electron chi connectivity index (χ0n) is 10.6. The third kappa shape index (κ3) is 2.97. The highest BCUT2D eigenvalue weighted by Gasteiger charge is 2.07. The lowest BCUT2D eigenvalue weighted by molar-refractivity contribution is 0.517. The Morgan fingerprint density at radius 3 is 2.83 bits per heavy atom. The van der Waals surface area contributed by atoms with Crippen molar-refractivity contribution in [3.05, 3.63) is 30.4 Å². The number of furan rings is 1. The molecular formula is C12H17N5O. The fraction of sp³-hybridized carbons (Fsp3) is 0.417. The lowest BCUT2D eigenvalue weighted by Gasteiger charge is -2.17. The van der Waals surface area contributed by atoms with E-state index in [0.717, 1.165) is 18.8 Å². The summed E-state index contributed by atoms with van der Waals surface area (Å²) in [6.45, 7) is 6.44. The summed E-state index contributed by atoms with van der Waals surface area (Å²) in [7, 11) is 0. The summed E-state index contributed by atoms with van der Waals surface area (Å²) in [6, 6.07) is 3.77. The van der Waals surface area contributed by atoms with E-state index in [9.17, 15) is 0 Å². The minimum atomic E-state index is 0.587. The molecular weight excluding hydrogens is 230 g/mol. The normalized spacial score (nSPS) is 10.3. The van der Waals surface area contributed by atoms with Crippen LogP contribution in [-0.4, -0.2) is 28.3 Å². The summed E-state index contributed by atoms with van der Waals surface area (Å²) < 4.78 is 5.24. The quantitative estimate of drug-likeness (QED) is 0.841. The standard InChI is InChI=1S/C12H17N5O/c1-3-17(4-2)12-15-11(9-14-16-12)13-8-10-6-5-7-18-10/h5-7,9H,3-4,8H2,1-2H3,(H,13,15,16). The Balaban J connectivity index is 2.02. The molecule has 6 heteroatoms. The molecule has 0 saturated carbocycles. The van der Waals surface area contributed by atoms with E-state index in [1.165, 1.54) is 0 Å². The van der Waals surface area contributed by atoms with Gasteiger partial charge in [-0.15, -0.1) is 5.10 Å². The first-order chi connectivity index (χ1) is 8.83. The smallest absolute Gasteiger partial charge is 0.247 e. The van der Waals surface area contributed by atoms with Crippen molar-refractivity contribution in [3.63, 3.8) is 0 Å². The summed E-state index contributed by atoms with van der Waals surface area (Å²) in [5.41, 5.74) is 0. The summed E-state index contributed by atoms with van der Waals surface area (Å²) in [4.78, 5) is 6.46. The number of aromatic nitrogens is 3. The number of hydrogen-bond acceptors (Lipinski definition) is 6. The Bertz CT molecular complexity index is 467. The average molecular weight is 247 g/mol. The molecule has 0 saturated heterocycles. The fourth-order valence-electron chi connectivity index (χ4n) is 1.61. The fourth-order valence-corrected chi connectivity index (χ4v) is 1.61. The van der Waals surface area contributed by atoms with E-state index in [1.807, 2.05) is 17.0 Å². The van der Waals surface area contributed by atoms with Gasteiger partial charge in [0.2, 0.25) is 5.95 Å². The van der Waals surface area contributed by atoms with Crippen molar-refractivity contribution < 1.29 is 4.42 Å². The van der Waals surface area contributed by atoms with Crippen LogP contribution in [0.1, 0.15) is 19.6 Å². The van der Waals surface area contributed by atoms with Gasteiger partial charge in [0.1, 0.15) is 5.76 Å². The molecule has 0 bridgehead atoms. The summed E-state index contributed by atoms with van der Waals surface area (Å²) in [5.74, 6) is 2.20. The van der Waals surface area contributed by atoms with Crippen LogP contribution in [0.2, 0.25) is 0 Å². The zero-order chi connectivity index (χ0) is 12.8. The van der Waals surface area contributed by atoms with Gasteiger partial charge in [0.25, 0.3) is 0 Å². The molecule has 2 rings (SSSR count). The molecule has 0 fully saturated rings. The van der Waals surface area contributed by atoms with Crippen molar-refractivity contribution in [2.24, 2.45) is 0 Å². The van der Waals surface area contributed by atoms with Gasteiger partial charge in [-0.2, -0.15) is 10.1 Å². The lowest BCUT2D eigenvalue weighted by Crippen LogP contribution is -2.24. The molecule has 0 unspecified atom stereocenters. The topological polar surface area (TPSA) is 67.1 Å². The second-order valence-electron chi connectivity index (χ2n) is 3.75. The van der Waals surface area contributed by atoms with E-state index in [2.05, 4.69) is 34.3 Å². The van der Waals surface area contributed by atoms with E-state index >= 15 is 0 Å². The number of hydrogen-bond donors (Lipinski definition) is 1. The Kier molecular flexibility index (Phi) is 4.11. The highest BCUT2D eigenvalue weighted by molar-refractivity contribution is 5.38. The predicted octanol–water partition coefficient (Wildman–Crippen LogP) is 1.92. The SMILES string of the molecule is CCN(CC)c1nncc(NCc2ccco2)n1. The summed E-state index contributed by atoms with van der Waals surface area (Å²) in [5, 5.41) is 11.1. The van der Waals surface area contributed by atoms with Gasteiger partial charge in [-0.1, -0.05) is 0 Å². The first-order valence-corrected chi connectivity index (χ1v) is 6.04. The Hall–Kier alpha value is -2.11. The predicted molar refractivity (Wildman–Crippen MR) is 69.4 cm³/mol. The maximum absolute atomic E-state index is 5.24. The summed E-state index contributed by atoms with van der Waals surface area (Å²) >= 11 is 0. The Morgan fingerprint density at radius 2 is 2.17 bits per heavy atom. The highest BCUT2D eigenvalue weighted by atomic mass is 16.3. The van der Waals surface area contributed by atoms with Gasteiger partial charge in [-0.25, -0.2) is 0 Å². The number of rotatable bonds is 6. The molecule has 1 N–H and O–H groups in total. The van der Waals surface area contributed by atoms with E-state index in [1.54, 1.807) is 12.5 Å². The van der Waals surface area contributed by atoms with Crippen molar-refractivity contribution in [3.8, 4) is 0 Å². The number of nitrogens with zero attached hydrogens (tertiary/aromatic N) is 4. The van der Waals surface area contributed by atoms with Gasteiger partial charge >= 0.3 is 0 Å². The Morgan fingerprint density at radius 1 is 1.33 bits per heavy atom. The van der Waals surface area contributed by atoms with Gasteiger partial charge in [0.15, 0.2) is 5.82 Å². The molecule has 2 aromatic rings. The molecule has 0 aromatic carbocycles. The molecule has 2 heterocycles. The second kappa shape index (κ2) is 6.00. The van der Waals surface area contributed by atoms with E-state index in [0.29, 0.717) is 18.3 Å². The van der Waals surface area contributed by atoms with Crippen LogP contribution in [0.4, 0.5) is 11.8 Å². The maximum atomic E-state index is 5.24. The number of anilines is 2. The average Bonchev–Trinajstić information content (AvgIpc) is 2.92. The van der Waals surface area contributed by atoms with Crippen LogP contribution in [-0.2, 0) is 6.54 Å². The molecule has 0 aliphatic carbocycles. The van der Waals surface area contributed by atoms with Crippen LogP contribution in [0.5, 0.6) is 0 Å². The first kappa shape index (κ1) is 12.3. The van der Waals surface area contributed by atoms with Crippen molar-refractivity contribution in [2.75, 3.05) is 23.3 Å². The summed E-state index contributed by atoms with van der Waals surface area (Å²) in [6.07, 6.45) is 3.26. The van der Waals surface area contributed by atoms with E-state index < -0.39 is 0 Å². The third-order valence-corrected chi connectivity index (χ3v) is 2.62. The molecule has 96 valence electrons. The zero-order valence-corrected chi connectivity index (χ0v) is 10.6. The van der Waals surface area contributed by atoms with E-state index in [-0.39, 0.29) is 0 Å². The molecule has 18 heavy (non-hydrogen) atoms. The van der Waals surface area contributed by atoms with Crippen LogP contribution >= 0.6 is 0 Å². The van der Waals surface area contributed by atoms with Crippen molar-refractivity contribution in [1.29, 1.82) is 0 Å². The molecule has 0 aliphatic rings. The van der Waals surface area contributed by atoms with Gasteiger partial charge in [0.05, 0.1) is 19.0 Å². The minimum absolute atomic E-state index is 0.587. The van der Waals surface area contributed by atoms with Gasteiger partial charge in [-0.05, 0) is 26.0 Å². The lowest BCUT2D eigenvalue weighted by atomic mass is 10.4. The molecule has 0 radical (unpaired) electrons. The molecule has 0 aliphatic heterocycles. The monoisotopic (exact) mass is 247 g/mol. The van der Waals surface area contributed by atoms with Crippen LogP contribution in [0, 0.1) is 0 Å². The maximum Gasteiger partial charge on any atom is 0.247 e. The first-order valence-electron chi connectivity index (χ1n) is 6.04. The minimum Gasteiger partial charge on any atom is -0.467 e. The van der Waals surface area contributed by atoms with Crippen molar-refractivity contribution in [1.82, 2.24) is 15.2 Å². The molecule has 0 amide bonds. The largest absolute Gasteiger partial charge is 0.467 e. The number of nitrogens with one attached hydrogen (secondary N) is 1. The van der Waals surface area contributed by atoms with Crippen molar-refractivity contribution >= 4 is 11.8 Å². The Labute approximate surface area is 106 Å². The second-order valence-corrected chi connectivity index (χ2v) is 3.75. The van der Waals surface area contributed by atoms with Gasteiger partial charge in [0, 0.05) is 13.1 Å². The van der Waals surface area contributed by atoms with Crippen LogP contribution in [0.25, 0.3) is 0 Å². The third-order valence-electron chi connectivity index (χ3n) is 2.62. The van der Waals surface area contributed by atoms with Crippen LogP contribution in [0.15, 0.2) is 29.0 Å². The van der Waals surface area contributed by atoms with Crippen molar-refractivity contribution in [2.45, 2.75) is 20.4 Å². The highest BCUT2D eigenvalue weighted by Crippen LogP contribution is 2.10. The van der Waals surface area contributed by atoms with Crippen LogP contribution in [0.3, 0.4) is 0 Å². The van der Waals surface area contributed by atoms with Gasteiger partial charge < -0.3 is 14.6 Å². The van der Waals surface area contributed by atoms with E-state index in [4.69, 9.17) is 4.42 Å². The molecule has 6 nitrogen and oxygen atoms in total. The molecule has 2 aromatic heterocycles. The van der Waals surface area contributed by atoms with Crippen LogP contribution < -0.4 is 10.2 Å².